The third-order valence-corrected chi connectivity index (χ3v) is 1.95. The summed E-state index contributed by atoms with van der Waals surface area (Å²) in [5.41, 5.74) is 0. The molecule has 13 heavy (non-hydrogen) atoms. The highest BCUT2D eigenvalue weighted by Crippen LogP contribution is 1.93. The van der Waals surface area contributed by atoms with Crippen LogP contribution in [0.25, 0.3) is 0 Å². The molecule has 0 spiro atoms. The van der Waals surface area contributed by atoms with Crippen LogP contribution in [0.1, 0.15) is 0 Å². The summed E-state index contributed by atoms with van der Waals surface area (Å²) in [6.07, 6.45) is 0. The van der Waals surface area contributed by atoms with E-state index in [1.807, 2.05) is 0 Å². The van der Waals surface area contributed by atoms with E-state index >= 15 is 0 Å². The lowest BCUT2D eigenvalue weighted by molar-refractivity contribution is -0.839. The molecule has 0 aliphatic carbocycles. The number of likely N-dealkylation sites (N-methyl/N-ethyl adjacent to an activating group) is 3. The number of nitrogens with zero attached hydrogens (tertiary/aromatic N) is 3. The van der Waals surface area contributed by atoms with Gasteiger partial charge in [-0.1, -0.05) is 0 Å². The molecule has 4 nitrogen and oxygen atoms in total. The first-order chi connectivity index (χ1) is 5.81. The molecule has 0 radical (unpaired) electrons. The zero-order chi connectivity index (χ0) is 10.5. The van der Waals surface area contributed by atoms with E-state index in [-0.39, 0.29) is 4.65 Å². The first-order valence-electron chi connectivity index (χ1n) is 4.68. The molecular weight excluding hydrogens is 166 g/mol. The molecule has 0 saturated carbocycles. The van der Waals surface area contributed by atoms with E-state index < -0.39 is 0 Å². The number of hydrogen-bond acceptors (Lipinski definition) is 3. The van der Waals surface area contributed by atoms with Gasteiger partial charge in [0, 0.05) is 19.6 Å². The highest BCUT2D eigenvalue weighted by Gasteiger charge is 2.05. The monoisotopic (exact) mass is 189 g/mol. The molecule has 0 aliphatic heterocycles. The van der Waals surface area contributed by atoms with Gasteiger partial charge in [0.05, 0.1) is 20.6 Å². The van der Waals surface area contributed by atoms with E-state index in [2.05, 4.69) is 30.9 Å². The molecule has 0 aliphatic rings. The number of hydroxylamine groups is 3. The summed E-state index contributed by atoms with van der Waals surface area (Å²) in [6, 6.07) is 0. The molecule has 0 fully saturated rings. The minimum Gasteiger partial charge on any atom is -0.633 e. The minimum absolute atomic E-state index is 0.202. The summed E-state index contributed by atoms with van der Waals surface area (Å²) < 4.78 is -0.202. The van der Waals surface area contributed by atoms with Crippen LogP contribution in [0.15, 0.2) is 0 Å². The van der Waals surface area contributed by atoms with Crippen molar-refractivity contribution in [2.24, 2.45) is 0 Å². The fourth-order valence-electron chi connectivity index (χ4n) is 0.894. The van der Waals surface area contributed by atoms with Crippen molar-refractivity contribution < 1.29 is 4.65 Å². The van der Waals surface area contributed by atoms with Gasteiger partial charge >= 0.3 is 0 Å². The summed E-state index contributed by atoms with van der Waals surface area (Å²) in [6.45, 7) is 3.59. The number of quaternary nitrogens is 1. The summed E-state index contributed by atoms with van der Waals surface area (Å²) in [5, 5.41) is 11.2. The summed E-state index contributed by atoms with van der Waals surface area (Å²) >= 11 is 0. The Morgan fingerprint density at radius 3 is 1.92 bits per heavy atom. The van der Waals surface area contributed by atoms with Gasteiger partial charge in [-0.3, -0.25) is 4.90 Å². The maximum absolute atomic E-state index is 11.2. The SMILES string of the molecule is CN(C)CCN(C)CC[N+](C)(C)[O-]. The predicted molar refractivity (Wildman–Crippen MR) is 56.4 cm³/mol. The fraction of sp³-hybridized carbons (Fsp3) is 1.00. The topological polar surface area (TPSA) is 29.5 Å². The smallest absolute Gasteiger partial charge is 0.0908 e. The molecule has 0 atom stereocenters. The van der Waals surface area contributed by atoms with E-state index in [1.54, 1.807) is 14.1 Å². The van der Waals surface area contributed by atoms with Crippen LogP contribution in [-0.2, 0) is 0 Å². The van der Waals surface area contributed by atoms with E-state index in [1.165, 1.54) is 0 Å². The van der Waals surface area contributed by atoms with Gasteiger partial charge in [-0.15, -0.1) is 0 Å². The lowest BCUT2D eigenvalue weighted by Gasteiger charge is -2.35. The standard InChI is InChI=1S/C9H23N3O/c1-10(2)6-7-11(3)8-9-12(4,5)13/h6-9H2,1-5H3. The van der Waals surface area contributed by atoms with Crippen molar-refractivity contribution in [3.05, 3.63) is 5.21 Å². The minimum atomic E-state index is -0.202. The van der Waals surface area contributed by atoms with Gasteiger partial charge in [0.15, 0.2) is 0 Å². The quantitative estimate of drug-likeness (QED) is 0.437. The van der Waals surface area contributed by atoms with Crippen LogP contribution in [0.2, 0.25) is 0 Å². The molecule has 80 valence electrons. The van der Waals surface area contributed by atoms with Crippen LogP contribution in [0.3, 0.4) is 0 Å². The first kappa shape index (κ1) is 12.8. The van der Waals surface area contributed by atoms with Crippen molar-refractivity contribution in [1.82, 2.24) is 9.80 Å². The third-order valence-electron chi connectivity index (χ3n) is 1.95. The summed E-state index contributed by atoms with van der Waals surface area (Å²) in [5.74, 6) is 0. The van der Waals surface area contributed by atoms with Gasteiger partial charge in [0.25, 0.3) is 0 Å². The zero-order valence-electron chi connectivity index (χ0n) is 9.58. The van der Waals surface area contributed by atoms with Crippen molar-refractivity contribution in [3.8, 4) is 0 Å². The lowest BCUT2D eigenvalue weighted by Crippen LogP contribution is -2.41. The van der Waals surface area contributed by atoms with Crippen molar-refractivity contribution in [2.45, 2.75) is 0 Å². The molecule has 0 unspecified atom stereocenters. The Labute approximate surface area is 81.9 Å². The summed E-state index contributed by atoms with van der Waals surface area (Å²) in [7, 11) is 9.53. The Kier molecular flexibility index (Phi) is 5.48. The van der Waals surface area contributed by atoms with E-state index in [4.69, 9.17) is 0 Å². The van der Waals surface area contributed by atoms with Gasteiger partial charge in [-0.05, 0) is 21.1 Å². The maximum Gasteiger partial charge on any atom is 0.0908 e. The van der Waals surface area contributed by atoms with Gasteiger partial charge in [-0.2, -0.15) is 0 Å². The van der Waals surface area contributed by atoms with Gasteiger partial charge in [0.1, 0.15) is 0 Å². The lowest BCUT2D eigenvalue weighted by atomic mass is 10.4. The molecular formula is C9H23N3O. The molecule has 0 aromatic heterocycles. The van der Waals surface area contributed by atoms with Crippen LogP contribution in [0.4, 0.5) is 0 Å². The first-order valence-corrected chi connectivity index (χ1v) is 4.68. The largest absolute Gasteiger partial charge is 0.633 e. The van der Waals surface area contributed by atoms with Crippen LogP contribution >= 0.6 is 0 Å². The van der Waals surface area contributed by atoms with Crippen LogP contribution in [0, 0.1) is 5.21 Å². The van der Waals surface area contributed by atoms with Crippen molar-refractivity contribution in [2.75, 3.05) is 61.4 Å². The molecule has 0 heterocycles. The third kappa shape index (κ3) is 9.76. The Balaban J connectivity index is 3.46. The molecule has 0 amide bonds. The van der Waals surface area contributed by atoms with Crippen molar-refractivity contribution in [1.29, 1.82) is 0 Å². The van der Waals surface area contributed by atoms with Crippen LogP contribution < -0.4 is 0 Å². The average molecular weight is 189 g/mol. The molecule has 0 aromatic rings. The molecule has 0 rings (SSSR count). The fourth-order valence-corrected chi connectivity index (χ4v) is 0.894. The second-order valence-corrected chi connectivity index (χ2v) is 4.40. The van der Waals surface area contributed by atoms with Gasteiger partial charge in [-0.25, -0.2) is 0 Å². The summed E-state index contributed by atoms with van der Waals surface area (Å²) in [4.78, 5) is 4.34. The highest BCUT2D eigenvalue weighted by atomic mass is 16.5. The average Bonchev–Trinajstić information content (AvgIpc) is 1.95. The van der Waals surface area contributed by atoms with Gasteiger partial charge < -0.3 is 14.8 Å². The molecule has 0 saturated heterocycles. The Morgan fingerprint density at radius 1 is 1.00 bits per heavy atom. The molecule has 0 aromatic carbocycles. The maximum atomic E-state index is 11.2. The van der Waals surface area contributed by atoms with Crippen molar-refractivity contribution in [3.63, 3.8) is 0 Å². The van der Waals surface area contributed by atoms with E-state index in [0.29, 0.717) is 6.54 Å². The van der Waals surface area contributed by atoms with Crippen molar-refractivity contribution >= 4 is 0 Å². The highest BCUT2D eigenvalue weighted by molar-refractivity contribution is 4.53. The number of rotatable bonds is 6. The number of hydrogen-bond donors (Lipinski definition) is 0. The Bertz CT molecular complexity index is 131. The second kappa shape index (κ2) is 5.54. The predicted octanol–water partition coefficient (Wildman–Crippen LogP) is 0.0540. The Morgan fingerprint density at radius 2 is 1.54 bits per heavy atom. The van der Waals surface area contributed by atoms with Gasteiger partial charge in [0.2, 0.25) is 0 Å². The zero-order valence-corrected chi connectivity index (χ0v) is 9.58. The second-order valence-electron chi connectivity index (χ2n) is 4.40. The molecule has 0 N–H and O–H groups in total. The van der Waals surface area contributed by atoms with E-state index in [0.717, 1.165) is 19.6 Å². The molecule has 0 bridgehead atoms. The molecule has 4 heteroatoms. The van der Waals surface area contributed by atoms with Crippen LogP contribution in [-0.4, -0.2) is 75.9 Å². The van der Waals surface area contributed by atoms with E-state index in [9.17, 15) is 5.21 Å². The normalized spacial score (nSPS) is 12.9. The van der Waals surface area contributed by atoms with Crippen LogP contribution in [0.5, 0.6) is 0 Å². The Hall–Kier alpha value is -0.160.